The molecule has 0 radical (unpaired) electrons. The number of ether oxygens (including phenoxy) is 4. The number of fused-ring (bicyclic) bond motifs is 2. The number of rotatable bonds is 9. The second-order valence-corrected chi connectivity index (χ2v) is 10.7. The van der Waals surface area contributed by atoms with Gasteiger partial charge in [0.15, 0.2) is 35.1 Å². The average Bonchev–Trinajstić information content (AvgIpc) is 3.63. The highest BCUT2D eigenvalue weighted by molar-refractivity contribution is 6.28. The summed E-state index contributed by atoms with van der Waals surface area (Å²) in [5.41, 5.74) is 3.29. The number of nitrogens with zero attached hydrogens (tertiary/aromatic N) is 4. The lowest BCUT2D eigenvalue weighted by molar-refractivity contribution is -0.197. The van der Waals surface area contributed by atoms with Gasteiger partial charge in [0.1, 0.15) is 18.9 Å². The first-order chi connectivity index (χ1) is 19.8. The first-order valence-electron chi connectivity index (χ1n) is 13.4. The van der Waals surface area contributed by atoms with Crippen molar-refractivity contribution in [3.05, 3.63) is 83.4 Å². The number of hydrogen-bond donors (Lipinski definition) is 2. The van der Waals surface area contributed by atoms with Gasteiger partial charge in [0.05, 0.1) is 6.33 Å². The zero-order chi connectivity index (χ0) is 28.6. The number of halogens is 1. The van der Waals surface area contributed by atoms with Gasteiger partial charge in [0.25, 0.3) is 5.91 Å². The zero-order valence-corrected chi connectivity index (χ0v) is 23.6. The van der Waals surface area contributed by atoms with E-state index < -0.39 is 30.3 Å². The lowest BCUT2D eigenvalue weighted by Crippen LogP contribution is -2.43. The smallest absolute Gasteiger partial charge is 0.253 e. The van der Waals surface area contributed by atoms with Crippen LogP contribution in [0.4, 0.5) is 5.82 Å². The van der Waals surface area contributed by atoms with E-state index in [1.807, 2.05) is 36.4 Å². The van der Waals surface area contributed by atoms with Crippen molar-refractivity contribution in [2.24, 2.45) is 0 Å². The van der Waals surface area contributed by atoms with E-state index in [1.165, 1.54) is 7.11 Å². The van der Waals surface area contributed by atoms with Gasteiger partial charge < -0.3 is 29.6 Å². The second-order valence-electron chi connectivity index (χ2n) is 10.4. The van der Waals surface area contributed by atoms with Gasteiger partial charge in [-0.2, -0.15) is 9.97 Å². The van der Waals surface area contributed by atoms with Gasteiger partial charge in [-0.05, 0) is 36.6 Å². The fourth-order valence-corrected chi connectivity index (χ4v) is 5.62. The van der Waals surface area contributed by atoms with Crippen LogP contribution in [0.3, 0.4) is 0 Å². The van der Waals surface area contributed by atoms with Crippen LogP contribution in [0, 0.1) is 0 Å². The Morgan fingerprint density at radius 3 is 2.37 bits per heavy atom. The molecule has 6 rings (SSSR count). The molecule has 11 nitrogen and oxygen atoms in total. The first kappa shape index (κ1) is 27.6. The summed E-state index contributed by atoms with van der Waals surface area (Å²) in [5, 5.41) is 6.19. The molecule has 2 aromatic heterocycles. The average molecular weight is 579 g/mol. The highest BCUT2D eigenvalue weighted by Crippen LogP contribution is 2.44. The Labute approximate surface area is 242 Å². The molecule has 4 aromatic rings. The number of hydrogen-bond acceptors (Lipinski definition) is 9. The minimum atomic E-state index is -0.924. The summed E-state index contributed by atoms with van der Waals surface area (Å²) in [6.07, 6.45) is -1.31. The maximum atomic E-state index is 12.9. The van der Waals surface area contributed by atoms with Crippen molar-refractivity contribution in [1.82, 2.24) is 24.8 Å². The summed E-state index contributed by atoms with van der Waals surface area (Å²) >= 11 is 6.42. The molecule has 0 spiro atoms. The number of methoxy groups -OCH3 is 1. The second kappa shape index (κ2) is 11.3. The van der Waals surface area contributed by atoms with Crippen molar-refractivity contribution in [2.75, 3.05) is 25.7 Å². The first-order valence-corrected chi connectivity index (χ1v) is 13.7. The topological polar surface area (TPSA) is 122 Å². The van der Waals surface area contributed by atoms with Crippen LogP contribution in [0.15, 0.2) is 67.0 Å². The molecule has 1 amide bonds. The van der Waals surface area contributed by atoms with Crippen LogP contribution in [0.1, 0.15) is 37.1 Å². The number of nitrogens with one attached hydrogen (secondary N) is 2. The van der Waals surface area contributed by atoms with Gasteiger partial charge in [0, 0.05) is 19.6 Å². The van der Waals surface area contributed by atoms with Crippen molar-refractivity contribution in [1.29, 1.82) is 0 Å². The number of carbonyl (C=O) groups excluding carboxylic acids is 1. The molecule has 41 heavy (non-hydrogen) atoms. The van der Waals surface area contributed by atoms with Crippen LogP contribution in [0.2, 0.25) is 5.28 Å². The molecule has 2 fully saturated rings. The molecule has 2 saturated heterocycles. The third-order valence-corrected chi connectivity index (χ3v) is 7.39. The molecule has 4 atom stereocenters. The van der Waals surface area contributed by atoms with E-state index in [9.17, 15) is 4.79 Å². The Morgan fingerprint density at radius 2 is 1.71 bits per heavy atom. The monoisotopic (exact) mass is 578 g/mol. The largest absolute Gasteiger partial charge is 0.367 e. The van der Waals surface area contributed by atoms with Crippen LogP contribution in [-0.4, -0.2) is 69.9 Å². The summed E-state index contributed by atoms with van der Waals surface area (Å²) in [7, 11) is 1.49. The van der Waals surface area contributed by atoms with E-state index in [4.69, 9.17) is 30.5 Å². The van der Waals surface area contributed by atoms with Gasteiger partial charge in [0.2, 0.25) is 5.28 Å². The number of carbonyl (C=O) groups is 1. The summed E-state index contributed by atoms with van der Waals surface area (Å²) in [4.78, 5) is 26.4. The van der Waals surface area contributed by atoms with Crippen molar-refractivity contribution >= 4 is 34.5 Å². The summed E-state index contributed by atoms with van der Waals surface area (Å²) in [5.74, 6) is -0.724. The van der Waals surface area contributed by atoms with E-state index in [0.29, 0.717) is 23.5 Å². The molecule has 0 saturated carbocycles. The fraction of sp³-hybridized carbons (Fsp3) is 0.379. The van der Waals surface area contributed by atoms with Gasteiger partial charge in [-0.3, -0.25) is 9.36 Å². The van der Waals surface area contributed by atoms with Crippen LogP contribution >= 0.6 is 11.6 Å². The van der Waals surface area contributed by atoms with Crippen LogP contribution in [0.25, 0.3) is 11.2 Å². The molecule has 214 valence electrons. The van der Waals surface area contributed by atoms with E-state index in [2.05, 4.69) is 49.9 Å². The van der Waals surface area contributed by atoms with Gasteiger partial charge >= 0.3 is 0 Å². The number of amides is 1. The fourth-order valence-electron chi connectivity index (χ4n) is 5.45. The Balaban J connectivity index is 1.31. The standard InChI is InChI=1S/C29H31ClN6O5/c1-29(2)40-21-22(26(37)33-16-38-3)39-27(23(21)41-29)36-15-32-20-24(34-28(30)35-25(20)36)31-14-19(17-10-6-4-7-11-17)18-12-8-5-9-13-18/h4-13,15,19,21-23,27H,14,16H2,1-3H3,(H,33,37)(H,31,34,35)/t21-,22+,23-,27-/m1/s1. The molecule has 2 aliphatic rings. The minimum absolute atomic E-state index is 0.0455. The molecule has 2 aliphatic heterocycles. The van der Waals surface area contributed by atoms with Crippen molar-refractivity contribution < 1.29 is 23.7 Å². The number of aromatic nitrogens is 4. The van der Waals surface area contributed by atoms with Crippen molar-refractivity contribution in [3.8, 4) is 0 Å². The molecular weight excluding hydrogens is 548 g/mol. The number of benzene rings is 2. The highest BCUT2D eigenvalue weighted by atomic mass is 35.5. The predicted molar refractivity (Wildman–Crippen MR) is 151 cm³/mol. The normalized spacial score (nSPS) is 23.1. The lowest BCUT2D eigenvalue weighted by atomic mass is 9.91. The lowest BCUT2D eigenvalue weighted by Gasteiger charge is -2.24. The summed E-state index contributed by atoms with van der Waals surface area (Å²) < 4.78 is 25.2. The molecule has 0 bridgehead atoms. The maximum Gasteiger partial charge on any atom is 0.253 e. The molecule has 2 N–H and O–H groups in total. The van der Waals surface area contributed by atoms with E-state index in [0.717, 1.165) is 11.1 Å². The van der Waals surface area contributed by atoms with Crippen molar-refractivity contribution in [3.63, 3.8) is 0 Å². The molecule has 0 unspecified atom stereocenters. The summed E-state index contributed by atoms with van der Waals surface area (Å²) in [6, 6.07) is 20.5. The SMILES string of the molecule is COCNC(=O)[C@H]1O[C@@H](n2cnc3c(NCC(c4ccccc4)c4ccccc4)nc(Cl)nc32)[C@@H]2OC(C)(C)O[C@@H]21. The number of imidazole rings is 1. The minimum Gasteiger partial charge on any atom is -0.367 e. The third-order valence-electron chi connectivity index (χ3n) is 7.22. The predicted octanol–water partition coefficient (Wildman–Crippen LogP) is 3.86. The zero-order valence-electron chi connectivity index (χ0n) is 22.9. The molecular formula is C29H31ClN6O5. The number of anilines is 1. The molecule has 2 aromatic carbocycles. The molecule has 0 aliphatic carbocycles. The Hall–Kier alpha value is -3.61. The van der Waals surface area contributed by atoms with Crippen molar-refractivity contribution in [2.45, 2.75) is 50.1 Å². The highest BCUT2D eigenvalue weighted by Gasteiger charge is 2.58. The molecule has 12 heteroatoms. The third kappa shape index (κ3) is 5.51. The van der Waals surface area contributed by atoms with E-state index in [1.54, 1.807) is 24.7 Å². The van der Waals surface area contributed by atoms with Crippen LogP contribution in [-0.2, 0) is 23.7 Å². The van der Waals surface area contributed by atoms with Crippen LogP contribution in [0.5, 0.6) is 0 Å². The van der Waals surface area contributed by atoms with Gasteiger partial charge in [-0.25, -0.2) is 4.98 Å². The van der Waals surface area contributed by atoms with E-state index >= 15 is 0 Å². The summed E-state index contributed by atoms with van der Waals surface area (Å²) in [6.45, 7) is 4.19. The maximum absolute atomic E-state index is 12.9. The Kier molecular flexibility index (Phi) is 7.62. The Bertz CT molecular complexity index is 1480. The van der Waals surface area contributed by atoms with Crippen LogP contribution < -0.4 is 10.6 Å². The van der Waals surface area contributed by atoms with Gasteiger partial charge in [-0.15, -0.1) is 0 Å². The molecule has 4 heterocycles. The quantitative estimate of drug-likeness (QED) is 0.225. The van der Waals surface area contributed by atoms with E-state index in [-0.39, 0.29) is 23.8 Å². The Morgan fingerprint density at radius 1 is 1.05 bits per heavy atom. The van der Waals surface area contributed by atoms with Gasteiger partial charge in [-0.1, -0.05) is 60.7 Å².